The number of amides is 2. The van der Waals surface area contributed by atoms with Crippen molar-refractivity contribution in [2.24, 2.45) is 11.8 Å². The molecule has 0 saturated carbocycles. The summed E-state index contributed by atoms with van der Waals surface area (Å²) >= 11 is 2.12. The SMILES string of the molecule is CC(C)C(NC(=O)O)C(=O)N1C[C@@H](C)C[C@H]1c1nc(I)c[nH]1. The summed E-state index contributed by atoms with van der Waals surface area (Å²) in [5.41, 5.74) is 0. The summed E-state index contributed by atoms with van der Waals surface area (Å²) in [7, 11) is 0. The highest BCUT2D eigenvalue weighted by Gasteiger charge is 2.39. The van der Waals surface area contributed by atoms with Crippen LogP contribution in [0.15, 0.2) is 6.20 Å². The van der Waals surface area contributed by atoms with E-state index in [1.807, 2.05) is 13.8 Å². The number of H-pyrrole nitrogens is 1. The van der Waals surface area contributed by atoms with Gasteiger partial charge >= 0.3 is 6.09 Å². The van der Waals surface area contributed by atoms with Gasteiger partial charge in [0.25, 0.3) is 0 Å². The van der Waals surface area contributed by atoms with Crippen molar-refractivity contribution < 1.29 is 14.7 Å². The number of rotatable bonds is 4. The predicted octanol–water partition coefficient (Wildman–Crippen LogP) is 2.22. The molecule has 1 aromatic rings. The normalized spacial score (nSPS) is 22.9. The van der Waals surface area contributed by atoms with E-state index >= 15 is 0 Å². The molecule has 0 radical (unpaired) electrons. The van der Waals surface area contributed by atoms with Gasteiger partial charge < -0.3 is 20.3 Å². The van der Waals surface area contributed by atoms with Gasteiger partial charge in [-0.05, 0) is 40.8 Å². The average molecular weight is 420 g/mol. The smallest absolute Gasteiger partial charge is 0.405 e. The molecule has 1 saturated heterocycles. The summed E-state index contributed by atoms with van der Waals surface area (Å²) in [6.45, 7) is 6.38. The first-order valence-corrected chi connectivity index (χ1v) is 8.38. The van der Waals surface area contributed by atoms with E-state index in [0.29, 0.717) is 12.5 Å². The van der Waals surface area contributed by atoms with Crippen molar-refractivity contribution >= 4 is 34.6 Å². The first-order chi connectivity index (χ1) is 10.3. The van der Waals surface area contributed by atoms with E-state index in [4.69, 9.17) is 5.11 Å². The van der Waals surface area contributed by atoms with Gasteiger partial charge in [0.1, 0.15) is 15.6 Å². The van der Waals surface area contributed by atoms with Crippen LogP contribution in [0, 0.1) is 15.5 Å². The lowest BCUT2D eigenvalue weighted by molar-refractivity contribution is -0.135. The Labute approximate surface area is 143 Å². The molecule has 2 rings (SSSR count). The van der Waals surface area contributed by atoms with Gasteiger partial charge in [0, 0.05) is 12.7 Å². The topological polar surface area (TPSA) is 98.3 Å². The fourth-order valence-corrected chi connectivity index (χ4v) is 3.27. The molecule has 7 nitrogen and oxygen atoms in total. The number of aromatic nitrogens is 2. The van der Waals surface area contributed by atoms with Crippen LogP contribution in [-0.2, 0) is 4.79 Å². The Morgan fingerprint density at radius 3 is 2.73 bits per heavy atom. The van der Waals surface area contributed by atoms with Crippen LogP contribution in [0.5, 0.6) is 0 Å². The number of carbonyl (C=O) groups is 2. The molecule has 8 heteroatoms. The molecule has 0 bridgehead atoms. The summed E-state index contributed by atoms with van der Waals surface area (Å²) in [6, 6.07) is -0.859. The fourth-order valence-electron chi connectivity index (χ4n) is 2.86. The van der Waals surface area contributed by atoms with Gasteiger partial charge in [0.05, 0.1) is 6.04 Å². The molecule has 0 aliphatic carbocycles. The monoisotopic (exact) mass is 420 g/mol. The Morgan fingerprint density at radius 1 is 1.55 bits per heavy atom. The van der Waals surface area contributed by atoms with Crippen molar-refractivity contribution in [1.82, 2.24) is 20.2 Å². The predicted molar refractivity (Wildman–Crippen MR) is 89.3 cm³/mol. The standard InChI is InChI=1S/C14H21IN4O3/c1-7(2)11(18-14(21)22)13(20)19-6-8(3)4-9(19)12-16-5-10(15)17-12/h5,7-9,11,18H,4,6H2,1-3H3,(H,16,17)(H,21,22)/t8-,9-,11?/m0/s1. The van der Waals surface area contributed by atoms with Gasteiger partial charge in [-0.2, -0.15) is 0 Å². The molecular weight excluding hydrogens is 399 g/mol. The van der Waals surface area contributed by atoms with Gasteiger partial charge in [-0.1, -0.05) is 20.8 Å². The van der Waals surface area contributed by atoms with Crippen molar-refractivity contribution in [2.75, 3.05) is 6.54 Å². The Hall–Kier alpha value is -1.32. The van der Waals surface area contributed by atoms with Crippen molar-refractivity contribution in [1.29, 1.82) is 0 Å². The van der Waals surface area contributed by atoms with Gasteiger partial charge in [0.15, 0.2) is 0 Å². The van der Waals surface area contributed by atoms with Crippen molar-refractivity contribution in [3.8, 4) is 0 Å². The van der Waals surface area contributed by atoms with Crippen molar-refractivity contribution in [3.05, 3.63) is 15.7 Å². The third-order valence-electron chi connectivity index (χ3n) is 3.89. The van der Waals surface area contributed by atoms with Gasteiger partial charge in [0.2, 0.25) is 5.91 Å². The molecule has 2 amide bonds. The van der Waals surface area contributed by atoms with Crippen LogP contribution in [0.1, 0.15) is 39.1 Å². The van der Waals surface area contributed by atoms with Crippen LogP contribution in [0.25, 0.3) is 0 Å². The second kappa shape index (κ2) is 6.84. The molecule has 3 N–H and O–H groups in total. The van der Waals surface area contributed by atoms with Crippen molar-refractivity contribution in [2.45, 2.75) is 39.3 Å². The lowest BCUT2D eigenvalue weighted by Crippen LogP contribution is -2.50. The van der Waals surface area contributed by atoms with E-state index < -0.39 is 12.1 Å². The number of hydrogen-bond acceptors (Lipinski definition) is 3. The quantitative estimate of drug-likeness (QED) is 0.651. The Kier molecular flexibility index (Phi) is 5.30. The Morgan fingerprint density at radius 2 is 2.23 bits per heavy atom. The molecular formula is C14H21IN4O3. The molecule has 1 aliphatic heterocycles. The third-order valence-corrected chi connectivity index (χ3v) is 4.44. The van der Waals surface area contributed by atoms with Gasteiger partial charge in [-0.25, -0.2) is 9.78 Å². The van der Waals surface area contributed by atoms with Crippen molar-refractivity contribution in [3.63, 3.8) is 0 Å². The Balaban J connectivity index is 2.23. The first kappa shape index (κ1) is 17.0. The molecule has 0 spiro atoms. The summed E-state index contributed by atoms with van der Waals surface area (Å²) in [4.78, 5) is 33.1. The van der Waals surface area contributed by atoms with Gasteiger partial charge in [-0.15, -0.1) is 0 Å². The second-order valence-corrected chi connectivity index (χ2v) is 7.23. The Bertz CT molecular complexity index is 560. The van der Waals surface area contributed by atoms with Crippen LogP contribution >= 0.6 is 22.6 Å². The lowest BCUT2D eigenvalue weighted by Gasteiger charge is -2.29. The largest absolute Gasteiger partial charge is 0.465 e. The number of imidazole rings is 1. The average Bonchev–Trinajstić information content (AvgIpc) is 3.00. The summed E-state index contributed by atoms with van der Waals surface area (Å²) in [5, 5.41) is 11.3. The maximum absolute atomic E-state index is 12.8. The molecule has 1 fully saturated rings. The lowest BCUT2D eigenvalue weighted by atomic mass is 10.0. The highest BCUT2D eigenvalue weighted by Crippen LogP contribution is 2.34. The number of likely N-dealkylation sites (tertiary alicyclic amines) is 1. The van der Waals surface area contributed by atoms with Gasteiger partial charge in [-0.3, -0.25) is 4.79 Å². The highest BCUT2D eigenvalue weighted by molar-refractivity contribution is 14.1. The van der Waals surface area contributed by atoms with E-state index in [-0.39, 0.29) is 17.9 Å². The zero-order valence-electron chi connectivity index (χ0n) is 12.8. The molecule has 1 aliphatic rings. The number of nitrogens with zero attached hydrogens (tertiary/aromatic N) is 2. The number of carbonyl (C=O) groups excluding carboxylic acids is 1. The summed E-state index contributed by atoms with van der Waals surface area (Å²) in [5.74, 6) is 0.823. The third kappa shape index (κ3) is 3.71. The minimum absolute atomic E-state index is 0.114. The minimum Gasteiger partial charge on any atom is -0.465 e. The van der Waals surface area contributed by atoms with E-state index in [1.54, 1.807) is 11.1 Å². The van der Waals surface area contributed by atoms with E-state index in [0.717, 1.165) is 15.9 Å². The maximum Gasteiger partial charge on any atom is 0.405 e. The fraction of sp³-hybridized carbons (Fsp3) is 0.643. The number of carboxylic acid groups (broad SMARTS) is 1. The first-order valence-electron chi connectivity index (χ1n) is 7.30. The summed E-state index contributed by atoms with van der Waals surface area (Å²) < 4.78 is 0.851. The zero-order valence-corrected chi connectivity index (χ0v) is 15.0. The number of aromatic amines is 1. The summed E-state index contributed by atoms with van der Waals surface area (Å²) in [6.07, 6.45) is 1.45. The van der Waals surface area contributed by atoms with Crippen LogP contribution in [0.2, 0.25) is 0 Å². The molecule has 1 unspecified atom stereocenters. The van der Waals surface area contributed by atoms with E-state index in [2.05, 4.69) is 44.8 Å². The number of nitrogens with one attached hydrogen (secondary N) is 2. The molecule has 0 aromatic carbocycles. The van der Waals surface area contributed by atoms with E-state index in [9.17, 15) is 9.59 Å². The van der Waals surface area contributed by atoms with Crippen LogP contribution in [0.4, 0.5) is 4.79 Å². The minimum atomic E-state index is -1.18. The molecule has 3 atom stereocenters. The molecule has 122 valence electrons. The zero-order chi connectivity index (χ0) is 16.4. The van der Waals surface area contributed by atoms with E-state index in [1.165, 1.54) is 0 Å². The maximum atomic E-state index is 12.8. The number of halogens is 1. The van der Waals surface area contributed by atoms with Crippen LogP contribution < -0.4 is 5.32 Å². The number of hydrogen-bond donors (Lipinski definition) is 3. The van der Waals surface area contributed by atoms with Crippen LogP contribution in [-0.4, -0.2) is 44.6 Å². The highest BCUT2D eigenvalue weighted by atomic mass is 127. The molecule has 1 aromatic heterocycles. The second-order valence-electron chi connectivity index (χ2n) is 6.13. The molecule has 2 heterocycles. The molecule has 22 heavy (non-hydrogen) atoms. The van der Waals surface area contributed by atoms with Crippen LogP contribution in [0.3, 0.4) is 0 Å².